The Morgan fingerprint density at radius 2 is 1.92 bits per heavy atom. The molecule has 0 spiro atoms. The summed E-state index contributed by atoms with van der Waals surface area (Å²) >= 11 is 2.35. The molecule has 1 aromatic carbocycles. The Hall–Kier alpha value is -3.13. The molecular formula is C23H22N6O4S3. The molecule has 0 atom stereocenters. The molecule has 0 bridgehead atoms. The molecule has 10 nitrogen and oxygen atoms in total. The van der Waals surface area contributed by atoms with Gasteiger partial charge in [-0.3, -0.25) is 19.0 Å². The van der Waals surface area contributed by atoms with Gasteiger partial charge in [-0.1, -0.05) is 6.07 Å². The van der Waals surface area contributed by atoms with Crippen LogP contribution < -0.4 is 16.0 Å². The second-order valence-electron chi connectivity index (χ2n) is 9.35. The third-order valence-electron chi connectivity index (χ3n) is 6.35. The van der Waals surface area contributed by atoms with Gasteiger partial charge in [-0.05, 0) is 50.5 Å². The minimum Gasteiger partial charge on any atom is -0.280 e. The average Bonchev–Trinajstić information content (AvgIpc) is 3.25. The Balaban J connectivity index is 1.53. The molecular weight excluding hydrogens is 520 g/mol. The normalized spacial score (nSPS) is 15.2. The van der Waals surface area contributed by atoms with E-state index in [1.54, 1.807) is 12.4 Å². The second-order valence-corrected chi connectivity index (χ2v) is 13.6. The molecule has 1 aliphatic rings. The Kier molecular flexibility index (Phi) is 5.30. The van der Waals surface area contributed by atoms with Crippen LogP contribution in [0.5, 0.6) is 0 Å². The van der Waals surface area contributed by atoms with Crippen LogP contribution in [0.3, 0.4) is 0 Å². The predicted octanol–water partition coefficient (Wildman–Crippen LogP) is 2.79. The lowest BCUT2D eigenvalue weighted by molar-refractivity contribution is 0.560. The number of fused-ring (bicyclic) bond motifs is 2. The van der Waals surface area contributed by atoms with E-state index in [4.69, 9.17) is 0 Å². The van der Waals surface area contributed by atoms with Crippen molar-refractivity contribution in [3.8, 4) is 0 Å². The van der Waals surface area contributed by atoms with E-state index in [2.05, 4.69) is 19.9 Å². The predicted molar refractivity (Wildman–Crippen MR) is 139 cm³/mol. The summed E-state index contributed by atoms with van der Waals surface area (Å²) in [4.78, 5) is 32.4. The standard InChI is InChI=1S/C23H22N6O4S3/c1-13-24-10-16(34-13)12-28-20(30)17-8-19(36(32,33)27-23(2)5-6-23)35-21(17)29(22(28)31)11-14-3-4-18-15(7-14)9-25-26-18/h3-4,7-10,27H,5-6,11-12H2,1-2H3,(H,25,26). The van der Waals surface area contributed by atoms with Crippen LogP contribution in [0, 0.1) is 6.92 Å². The summed E-state index contributed by atoms with van der Waals surface area (Å²) in [5.41, 5.74) is 0.217. The number of aryl methyl sites for hydroxylation is 1. The highest BCUT2D eigenvalue weighted by atomic mass is 32.2. The van der Waals surface area contributed by atoms with E-state index in [0.29, 0.717) is 4.83 Å². The molecule has 1 fully saturated rings. The zero-order valence-electron chi connectivity index (χ0n) is 19.4. The van der Waals surface area contributed by atoms with Gasteiger partial charge in [-0.25, -0.2) is 22.9 Å². The minimum absolute atomic E-state index is 0.0209. The van der Waals surface area contributed by atoms with E-state index in [9.17, 15) is 18.0 Å². The van der Waals surface area contributed by atoms with Crippen LogP contribution in [0.25, 0.3) is 21.1 Å². The molecule has 1 saturated carbocycles. The fourth-order valence-corrected chi connectivity index (χ4v) is 7.85. The summed E-state index contributed by atoms with van der Waals surface area (Å²) in [7, 11) is -3.84. The van der Waals surface area contributed by atoms with Gasteiger partial charge in [0.2, 0.25) is 0 Å². The van der Waals surface area contributed by atoms with Crippen LogP contribution in [0.15, 0.2) is 50.5 Å². The Morgan fingerprint density at radius 3 is 2.64 bits per heavy atom. The van der Waals surface area contributed by atoms with Crippen LogP contribution >= 0.6 is 22.7 Å². The first kappa shape index (κ1) is 23.3. The zero-order valence-corrected chi connectivity index (χ0v) is 21.9. The Morgan fingerprint density at radius 1 is 1.11 bits per heavy atom. The van der Waals surface area contributed by atoms with Crippen LogP contribution in [-0.2, 0) is 23.1 Å². The Labute approximate surface area is 213 Å². The van der Waals surface area contributed by atoms with Crippen molar-refractivity contribution in [1.29, 1.82) is 0 Å². The molecule has 1 aliphatic carbocycles. The first-order valence-electron chi connectivity index (χ1n) is 11.3. The summed E-state index contributed by atoms with van der Waals surface area (Å²) in [5, 5.41) is 8.86. The van der Waals surface area contributed by atoms with Crippen molar-refractivity contribution >= 4 is 53.8 Å². The van der Waals surface area contributed by atoms with Crippen LogP contribution in [0.2, 0.25) is 0 Å². The van der Waals surface area contributed by atoms with Crippen LogP contribution in [0.1, 0.15) is 35.2 Å². The first-order chi connectivity index (χ1) is 17.1. The highest BCUT2D eigenvalue weighted by Crippen LogP contribution is 2.37. The number of nitrogens with one attached hydrogen (secondary N) is 2. The number of sulfonamides is 1. The highest BCUT2D eigenvalue weighted by Gasteiger charge is 2.41. The largest absolute Gasteiger partial charge is 0.332 e. The van der Waals surface area contributed by atoms with E-state index >= 15 is 0 Å². The molecule has 0 aliphatic heterocycles. The summed E-state index contributed by atoms with van der Waals surface area (Å²) in [5.74, 6) is 0. The highest BCUT2D eigenvalue weighted by molar-refractivity contribution is 7.91. The first-order valence-corrected chi connectivity index (χ1v) is 14.4. The smallest absolute Gasteiger partial charge is 0.280 e. The molecule has 13 heteroatoms. The molecule has 0 radical (unpaired) electrons. The molecule has 0 saturated heterocycles. The molecule has 0 unspecified atom stereocenters. The monoisotopic (exact) mass is 542 g/mol. The van der Waals surface area contributed by atoms with E-state index < -0.39 is 26.8 Å². The number of H-pyrrole nitrogens is 1. The van der Waals surface area contributed by atoms with Crippen LogP contribution in [0.4, 0.5) is 0 Å². The summed E-state index contributed by atoms with van der Waals surface area (Å²) < 4.78 is 31.6. The van der Waals surface area contributed by atoms with Crippen molar-refractivity contribution < 1.29 is 8.42 Å². The number of aromatic nitrogens is 5. The molecule has 6 rings (SSSR count). The minimum atomic E-state index is -3.84. The van der Waals surface area contributed by atoms with Gasteiger partial charge < -0.3 is 0 Å². The van der Waals surface area contributed by atoms with E-state index in [-0.39, 0.29) is 22.7 Å². The zero-order chi connectivity index (χ0) is 25.2. The van der Waals surface area contributed by atoms with Gasteiger partial charge in [0.05, 0.1) is 35.2 Å². The maximum absolute atomic E-state index is 13.7. The SMILES string of the molecule is Cc1ncc(Cn2c(=O)c3cc(S(=O)(=O)NC4(C)CC4)sc3n(Cc3ccc4[nH]ncc4c3)c2=O)s1. The maximum atomic E-state index is 13.7. The summed E-state index contributed by atoms with van der Waals surface area (Å²) in [6.45, 7) is 3.94. The van der Waals surface area contributed by atoms with E-state index in [0.717, 1.165) is 55.1 Å². The van der Waals surface area contributed by atoms with Crippen molar-refractivity contribution in [3.63, 3.8) is 0 Å². The number of nitrogens with zero attached hydrogens (tertiary/aromatic N) is 4. The Bertz CT molecular complexity index is 1870. The van der Waals surface area contributed by atoms with Gasteiger partial charge >= 0.3 is 5.69 Å². The lowest BCUT2D eigenvalue weighted by Crippen LogP contribution is -2.40. The second kappa shape index (κ2) is 8.20. The number of thiazole rings is 1. The quantitative estimate of drug-likeness (QED) is 0.325. The van der Waals surface area contributed by atoms with Crippen molar-refractivity contribution in [1.82, 2.24) is 29.0 Å². The molecule has 4 heterocycles. The fraction of sp³-hybridized carbons (Fsp3) is 0.304. The third kappa shape index (κ3) is 4.11. The van der Waals surface area contributed by atoms with E-state index in [1.165, 1.54) is 22.0 Å². The molecule has 4 aromatic heterocycles. The average molecular weight is 543 g/mol. The number of thiophene rings is 1. The van der Waals surface area contributed by atoms with Crippen molar-refractivity contribution in [2.24, 2.45) is 0 Å². The van der Waals surface area contributed by atoms with Crippen molar-refractivity contribution in [2.75, 3.05) is 0 Å². The third-order valence-corrected chi connectivity index (χ3v) is 10.5. The van der Waals surface area contributed by atoms with Crippen molar-refractivity contribution in [3.05, 3.63) is 72.9 Å². The number of benzene rings is 1. The lowest BCUT2D eigenvalue weighted by Gasteiger charge is -2.12. The van der Waals surface area contributed by atoms with Gasteiger partial charge in [0.1, 0.15) is 9.04 Å². The lowest BCUT2D eigenvalue weighted by atomic mass is 10.1. The fourth-order valence-electron chi connectivity index (χ4n) is 4.16. The molecule has 186 valence electrons. The maximum Gasteiger partial charge on any atom is 0.332 e. The molecule has 0 amide bonds. The number of aromatic amines is 1. The summed E-state index contributed by atoms with van der Waals surface area (Å²) in [6, 6.07) is 7.06. The molecule has 36 heavy (non-hydrogen) atoms. The summed E-state index contributed by atoms with van der Waals surface area (Å²) in [6.07, 6.45) is 4.87. The van der Waals surface area contributed by atoms with Gasteiger partial charge in [0.25, 0.3) is 15.6 Å². The van der Waals surface area contributed by atoms with Gasteiger partial charge in [0.15, 0.2) is 0 Å². The number of hydrogen-bond acceptors (Lipinski definition) is 8. The van der Waals surface area contributed by atoms with Gasteiger partial charge in [0, 0.05) is 22.0 Å². The van der Waals surface area contributed by atoms with Crippen molar-refractivity contribution in [2.45, 2.75) is 49.5 Å². The van der Waals surface area contributed by atoms with E-state index in [1.807, 2.05) is 32.0 Å². The molecule has 2 N–H and O–H groups in total. The van der Waals surface area contributed by atoms with Crippen LogP contribution in [-0.4, -0.2) is 38.3 Å². The molecule has 5 aromatic rings. The van der Waals surface area contributed by atoms with Gasteiger partial charge in [-0.2, -0.15) is 5.10 Å². The number of hydrogen-bond donors (Lipinski definition) is 2. The van der Waals surface area contributed by atoms with Gasteiger partial charge in [-0.15, -0.1) is 22.7 Å². The topological polar surface area (TPSA) is 132 Å². The number of rotatable bonds is 7.